The Balaban J connectivity index is 2.08. The molecule has 0 aliphatic rings. The molecule has 0 atom stereocenters. The standard InChI is InChI=1S/C10H11N5O/c11-8-9(13-10(12)15-14-8)16-6-7-4-2-1-3-5-7/h1-5H,6H2,(H2,11,14)(H2,12,13,15). The Bertz CT molecular complexity index is 474. The maximum atomic E-state index is 5.54. The van der Waals surface area contributed by atoms with Crippen molar-refractivity contribution >= 4 is 11.8 Å². The molecule has 2 rings (SSSR count). The Labute approximate surface area is 92.3 Å². The third-order valence-electron chi connectivity index (χ3n) is 1.91. The van der Waals surface area contributed by atoms with Gasteiger partial charge in [-0.25, -0.2) is 0 Å². The van der Waals surface area contributed by atoms with Crippen molar-refractivity contribution in [2.75, 3.05) is 11.5 Å². The molecule has 0 saturated heterocycles. The molecule has 0 amide bonds. The fourth-order valence-corrected chi connectivity index (χ4v) is 1.16. The summed E-state index contributed by atoms with van der Waals surface area (Å²) in [7, 11) is 0. The lowest BCUT2D eigenvalue weighted by Crippen LogP contribution is -2.06. The minimum Gasteiger partial charge on any atom is -0.470 e. The number of rotatable bonds is 3. The number of aromatic nitrogens is 3. The highest BCUT2D eigenvalue weighted by molar-refractivity contribution is 5.41. The van der Waals surface area contributed by atoms with E-state index in [0.717, 1.165) is 5.56 Å². The first kappa shape index (κ1) is 10.2. The van der Waals surface area contributed by atoms with Crippen molar-refractivity contribution in [2.24, 2.45) is 0 Å². The first-order valence-corrected chi connectivity index (χ1v) is 4.68. The fourth-order valence-electron chi connectivity index (χ4n) is 1.16. The molecule has 82 valence electrons. The zero-order valence-electron chi connectivity index (χ0n) is 8.50. The van der Waals surface area contributed by atoms with Gasteiger partial charge >= 0.3 is 0 Å². The van der Waals surface area contributed by atoms with Crippen molar-refractivity contribution in [3.05, 3.63) is 35.9 Å². The highest BCUT2D eigenvalue weighted by atomic mass is 16.5. The molecule has 2 aromatic rings. The molecule has 0 saturated carbocycles. The third kappa shape index (κ3) is 2.35. The highest BCUT2D eigenvalue weighted by Gasteiger charge is 2.05. The number of nitrogens with two attached hydrogens (primary N) is 2. The zero-order valence-corrected chi connectivity index (χ0v) is 8.50. The second kappa shape index (κ2) is 4.43. The average molecular weight is 217 g/mol. The summed E-state index contributed by atoms with van der Waals surface area (Å²) < 4.78 is 5.39. The molecule has 0 aliphatic carbocycles. The molecule has 1 aromatic carbocycles. The van der Waals surface area contributed by atoms with Gasteiger partial charge in [0.1, 0.15) is 6.61 Å². The summed E-state index contributed by atoms with van der Waals surface area (Å²) in [5.41, 5.74) is 11.9. The fraction of sp³-hybridized carbons (Fsp3) is 0.100. The molecule has 16 heavy (non-hydrogen) atoms. The van der Waals surface area contributed by atoms with Gasteiger partial charge in [0.25, 0.3) is 5.88 Å². The molecule has 4 N–H and O–H groups in total. The molecule has 0 radical (unpaired) electrons. The maximum Gasteiger partial charge on any atom is 0.262 e. The summed E-state index contributed by atoms with van der Waals surface area (Å²) in [5.74, 6) is 0.374. The van der Waals surface area contributed by atoms with E-state index in [2.05, 4.69) is 15.2 Å². The number of ether oxygens (including phenoxy) is 1. The average Bonchev–Trinajstić information content (AvgIpc) is 2.32. The van der Waals surface area contributed by atoms with Crippen LogP contribution in [0.1, 0.15) is 5.56 Å². The number of hydrogen-bond acceptors (Lipinski definition) is 6. The summed E-state index contributed by atoms with van der Waals surface area (Å²) >= 11 is 0. The Morgan fingerprint density at radius 1 is 1.06 bits per heavy atom. The lowest BCUT2D eigenvalue weighted by atomic mass is 10.2. The summed E-state index contributed by atoms with van der Waals surface area (Å²) in [6.07, 6.45) is 0. The van der Waals surface area contributed by atoms with Gasteiger partial charge in [-0.05, 0) is 5.56 Å². The lowest BCUT2D eigenvalue weighted by Gasteiger charge is -2.06. The maximum absolute atomic E-state index is 5.54. The second-order valence-electron chi connectivity index (χ2n) is 3.13. The predicted octanol–water partition coefficient (Wildman–Crippen LogP) is 0.615. The van der Waals surface area contributed by atoms with E-state index in [1.54, 1.807) is 0 Å². The van der Waals surface area contributed by atoms with Crippen LogP contribution in [0.25, 0.3) is 0 Å². The molecular formula is C10H11N5O. The van der Waals surface area contributed by atoms with Crippen LogP contribution in [0.2, 0.25) is 0 Å². The molecule has 0 unspecified atom stereocenters. The van der Waals surface area contributed by atoms with Gasteiger partial charge in [-0.3, -0.25) is 0 Å². The van der Waals surface area contributed by atoms with Crippen molar-refractivity contribution in [3.8, 4) is 5.88 Å². The highest BCUT2D eigenvalue weighted by Crippen LogP contribution is 2.16. The van der Waals surface area contributed by atoms with Crippen molar-refractivity contribution < 1.29 is 4.74 Å². The van der Waals surface area contributed by atoms with Crippen molar-refractivity contribution in [1.82, 2.24) is 15.2 Å². The Morgan fingerprint density at radius 3 is 2.56 bits per heavy atom. The number of hydrogen-bond donors (Lipinski definition) is 2. The van der Waals surface area contributed by atoms with E-state index in [1.807, 2.05) is 30.3 Å². The van der Waals surface area contributed by atoms with Crippen LogP contribution in [0.3, 0.4) is 0 Å². The van der Waals surface area contributed by atoms with Crippen LogP contribution in [-0.2, 0) is 6.61 Å². The predicted molar refractivity (Wildman–Crippen MR) is 59.4 cm³/mol. The van der Waals surface area contributed by atoms with Crippen molar-refractivity contribution in [3.63, 3.8) is 0 Å². The van der Waals surface area contributed by atoms with Crippen molar-refractivity contribution in [2.45, 2.75) is 6.61 Å². The number of nitrogen functional groups attached to an aromatic ring is 2. The van der Waals surface area contributed by atoms with E-state index in [4.69, 9.17) is 16.2 Å². The molecule has 6 nitrogen and oxygen atoms in total. The Hall–Kier alpha value is -2.37. The van der Waals surface area contributed by atoms with Gasteiger partial charge in [-0.15, -0.1) is 10.2 Å². The number of benzene rings is 1. The van der Waals surface area contributed by atoms with E-state index in [0.29, 0.717) is 6.61 Å². The van der Waals surface area contributed by atoms with Gasteiger partial charge in [0.05, 0.1) is 0 Å². The van der Waals surface area contributed by atoms with Crippen LogP contribution in [0.5, 0.6) is 5.88 Å². The smallest absolute Gasteiger partial charge is 0.262 e. The van der Waals surface area contributed by atoms with Gasteiger partial charge in [0.15, 0.2) is 0 Å². The Kier molecular flexibility index (Phi) is 2.81. The van der Waals surface area contributed by atoms with Gasteiger partial charge in [0, 0.05) is 0 Å². The molecule has 6 heteroatoms. The van der Waals surface area contributed by atoms with Crippen molar-refractivity contribution in [1.29, 1.82) is 0 Å². The SMILES string of the molecule is Nc1nnc(N)c(OCc2ccccc2)n1. The summed E-state index contributed by atoms with van der Waals surface area (Å²) in [5, 5.41) is 7.11. The lowest BCUT2D eigenvalue weighted by molar-refractivity contribution is 0.294. The third-order valence-corrected chi connectivity index (χ3v) is 1.91. The first-order chi connectivity index (χ1) is 7.75. The monoisotopic (exact) mass is 217 g/mol. The molecule has 0 bridgehead atoms. The largest absolute Gasteiger partial charge is 0.470 e. The van der Waals surface area contributed by atoms with Crippen LogP contribution in [0.15, 0.2) is 30.3 Å². The van der Waals surface area contributed by atoms with E-state index in [9.17, 15) is 0 Å². The van der Waals surface area contributed by atoms with Gasteiger partial charge < -0.3 is 16.2 Å². The normalized spacial score (nSPS) is 10.0. The van der Waals surface area contributed by atoms with Crippen LogP contribution in [0.4, 0.5) is 11.8 Å². The number of anilines is 2. The van der Waals surface area contributed by atoms with Crippen LogP contribution in [-0.4, -0.2) is 15.2 Å². The van der Waals surface area contributed by atoms with Crippen LogP contribution < -0.4 is 16.2 Å². The molecule has 0 fully saturated rings. The van der Waals surface area contributed by atoms with Crippen LogP contribution >= 0.6 is 0 Å². The minimum absolute atomic E-state index is 0.0391. The van der Waals surface area contributed by atoms with E-state index < -0.39 is 0 Å². The van der Waals surface area contributed by atoms with E-state index in [1.165, 1.54) is 0 Å². The first-order valence-electron chi connectivity index (χ1n) is 4.68. The van der Waals surface area contributed by atoms with Crippen LogP contribution in [0, 0.1) is 0 Å². The van der Waals surface area contributed by atoms with Gasteiger partial charge in [-0.1, -0.05) is 30.3 Å². The van der Waals surface area contributed by atoms with E-state index in [-0.39, 0.29) is 17.6 Å². The molecule has 1 aromatic heterocycles. The molecule has 1 heterocycles. The summed E-state index contributed by atoms with van der Waals surface area (Å²) in [6.45, 7) is 0.364. The zero-order chi connectivity index (χ0) is 11.4. The second-order valence-corrected chi connectivity index (χ2v) is 3.13. The van der Waals surface area contributed by atoms with Gasteiger partial charge in [-0.2, -0.15) is 4.98 Å². The molecule has 0 aliphatic heterocycles. The Morgan fingerprint density at radius 2 is 1.81 bits per heavy atom. The topological polar surface area (TPSA) is 99.9 Å². The molecule has 0 spiro atoms. The molecular weight excluding hydrogens is 206 g/mol. The van der Waals surface area contributed by atoms with Gasteiger partial charge in [0.2, 0.25) is 11.8 Å². The van der Waals surface area contributed by atoms with E-state index >= 15 is 0 Å². The minimum atomic E-state index is 0.0391. The quantitative estimate of drug-likeness (QED) is 0.781. The number of nitrogens with zero attached hydrogens (tertiary/aromatic N) is 3. The summed E-state index contributed by atoms with van der Waals surface area (Å²) in [6, 6.07) is 9.66. The summed E-state index contributed by atoms with van der Waals surface area (Å²) in [4.78, 5) is 3.84.